The Labute approximate surface area is 124 Å². The molecule has 100 valence electrons. The Morgan fingerprint density at radius 3 is 2.37 bits per heavy atom. The third-order valence-corrected chi connectivity index (χ3v) is 3.75. The van der Waals surface area contributed by atoms with E-state index in [9.17, 15) is 13.9 Å². The van der Waals surface area contributed by atoms with Gasteiger partial charge in [0, 0.05) is 9.99 Å². The minimum absolute atomic E-state index is 0.0250. The highest BCUT2D eigenvalue weighted by Crippen LogP contribution is 2.27. The second-order valence-electron chi connectivity index (χ2n) is 4.67. The molecule has 2 rings (SSSR count). The third-order valence-electron chi connectivity index (χ3n) is 3.03. The molecule has 0 aromatic heterocycles. The van der Waals surface area contributed by atoms with Crippen LogP contribution < -0.4 is 0 Å². The Hall–Kier alpha value is -1.01. The molecule has 4 heteroatoms. The lowest BCUT2D eigenvalue weighted by molar-refractivity contribution is 0.0565. The van der Waals surface area contributed by atoms with E-state index in [4.69, 9.17) is 0 Å². The molecular formula is C15H13F2IO. The quantitative estimate of drug-likeness (QED) is 0.805. The van der Waals surface area contributed by atoms with Gasteiger partial charge in [-0.3, -0.25) is 0 Å². The second-order valence-corrected chi connectivity index (χ2v) is 5.92. The predicted molar refractivity (Wildman–Crippen MR) is 78.8 cm³/mol. The smallest absolute Gasteiger partial charge is 0.162 e. The molecule has 0 fully saturated rings. The van der Waals surface area contributed by atoms with Crippen LogP contribution in [0.4, 0.5) is 8.78 Å². The van der Waals surface area contributed by atoms with Crippen molar-refractivity contribution in [2.45, 2.75) is 18.9 Å². The molecule has 1 nitrogen and oxygen atoms in total. The SMILES string of the molecule is CC(O)(Cc1cccc(F)c1F)c1ccc(I)cc1. The van der Waals surface area contributed by atoms with Gasteiger partial charge in [0.2, 0.25) is 0 Å². The van der Waals surface area contributed by atoms with Crippen molar-refractivity contribution in [3.63, 3.8) is 0 Å². The van der Waals surface area contributed by atoms with Gasteiger partial charge in [0.15, 0.2) is 11.6 Å². The van der Waals surface area contributed by atoms with Gasteiger partial charge in [-0.15, -0.1) is 0 Å². The average Bonchev–Trinajstić information content (AvgIpc) is 2.35. The summed E-state index contributed by atoms with van der Waals surface area (Å²) in [5, 5.41) is 10.5. The highest BCUT2D eigenvalue weighted by Gasteiger charge is 2.25. The van der Waals surface area contributed by atoms with Gasteiger partial charge in [-0.1, -0.05) is 24.3 Å². The maximum atomic E-state index is 13.6. The lowest BCUT2D eigenvalue weighted by atomic mass is 9.89. The fourth-order valence-electron chi connectivity index (χ4n) is 1.97. The maximum Gasteiger partial charge on any atom is 0.162 e. The summed E-state index contributed by atoms with van der Waals surface area (Å²) in [6, 6.07) is 11.3. The summed E-state index contributed by atoms with van der Waals surface area (Å²) in [5.41, 5.74) is -0.390. The molecule has 0 aliphatic carbocycles. The first kappa shape index (κ1) is 14.4. The Bertz CT molecular complexity index is 579. The van der Waals surface area contributed by atoms with Crippen LogP contribution in [0, 0.1) is 15.2 Å². The molecule has 0 saturated carbocycles. The fourth-order valence-corrected chi connectivity index (χ4v) is 2.33. The van der Waals surface area contributed by atoms with Gasteiger partial charge in [-0.2, -0.15) is 0 Å². The van der Waals surface area contributed by atoms with E-state index < -0.39 is 17.2 Å². The highest BCUT2D eigenvalue weighted by molar-refractivity contribution is 14.1. The van der Waals surface area contributed by atoms with Gasteiger partial charge >= 0.3 is 0 Å². The van der Waals surface area contributed by atoms with Gasteiger partial charge in [0.05, 0.1) is 5.60 Å². The maximum absolute atomic E-state index is 13.6. The van der Waals surface area contributed by atoms with Crippen LogP contribution in [-0.4, -0.2) is 5.11 Å². The number of halogens is 3. The Morgan fingerprint density at radius 2 is 1.74 bits per heavy atom. The van der Waals surface area contributed by atoms with E-state index in [1.165, 1.54) is 12.1 Å². The number of hydrogen-bond donors (Lipinski definition) is 1. The molecule has 0 saturated heterocycles. The van der Waals surface area contributed by atoms with Gasteiger partial charge < -0.3 is 5.11 Å². The van der Waals surface area contributed by atoms with Crippen LogP contribution in [0.3, 0.4) is 0 Å². The van der Waals surface area contributed by atoms with Crippen LogP contribution in [0.25, 0.3) is 0 Å². The summed E-state index contributed by atoms with van der Waals surface area (Å²) >= 11 is 2.17. The van der Waals surface area contributed by atoms with Crippen molar-refractivity contribution >= 4 is 22.6 Å². The summed E-state index contributed by atoms with van der Waals surface area (Å²) in [7, 11) is 0. The lowest BCUT2D eigenvalue weighted by Gasteiger charge is -2.24. The van der Waals surface area contributed by atoms with Crippen LogP contribution >= 0.6 is 22.6 Å². The zero-order chi connectivity index (χ0) is 14.0. The first-order valence-corrected chi connectivity index (χ1v) is 6.89. The topological polar surface area (TPSA) is 20.2 Å². The van der Waals surface area contributed by atoms with Crippen molar-refractivity contribution in [3.8, 4) is 0 Å². The second kappa shape index (κ2) is 5.54. The summed E-state index contributed by atoms with van der Waals surface area (Å²) < 4.78 is 27.8. The fraction of sp³-hybridized carbons (Fsp3) is 0.200. The molecule has 1 unspecified atom stereocenters. The monoisotopic (exact) mass is 374 g/mol. The van der Waals surface area contributed by atoms with Crippen LogP contribution in [0.15, 0.2) is 42.5 Å². The Balaban J connectivity index is 2.30. The standard InChI is InChI=1S/C15H13F2IO/c1-15(19,11-5-7-12(18)8-6-11)9-10-3-2-4-13(16)14(10)17/h2-8,19H,9H2,1H3. The van der Waals surface area contributed by atoms with E-state index >= 15 is 0 Å². The zero-order valence-corrected chi connectivity index (χ0v) is 12.5. The normalized spacial score (nSPS) is 14.2. The lowest BCUT2D eigenvalue weighted by Crippen LogP contribution is -2.25. The molecule has 0 heterocycles. The van der Waals surface area contributed by atoms with Crippen molar-refractivity contribution in [2.75, 3.05) is 0 Å². The van der Waals surface area contributed by atoms with Crippen LogP contribution in [0.2, 0.25) is 0 Å². The summed E-state index contributed by atoms with van der Waals surface area (Å²) in [4.78, 5) is 0. The molecule has 0 amide bonds. The van der Waals surface area contributed by atoms with Crippen LogP contribution in [-0.2, 0) is 12.0 Å². The van der Waals surface area contributed by atoms with Crippen molar-refractivity contribution in [2.24, 2.45) is 0 Å². The molecule has 2 aromatic rings. The summed E-state index contributed by atoms with van der Waals surface area (Å²) in [6.45, 7) is 1.60. The summed E-state index contributed by atoms with van der Waals surface area (Å²) in [5.74, 6) is -1.79. The van der Waals surface area contributed by atoms with E-state index in [1.807, 2.05) is 12.1 Å². The van der Waals surface area contributed by atoms with Crippen molar-refractivity contribution in [1.82, 2.24) is 0 Å². The van der Waals surface area contributed by atoms with E-state index in [0.29, 0.717) is 5.56 Å². The highest BCUT2D eigenvalue weighted by atomic mass is 127. The van der Waals surface area contributed by atoms with Crippen molar-refractivity contribution in [3.05, 3.63) is 68.8 Å². The average molecular weight is 374 g/mol. The molecule has 0 radical (unpaired) electrons. The van der Waals surface area contributed by atoms with E-state index in [1.54, 1.807) is 19.1 Å². The van der Waals surface area contributed by atoms with E-state index in [0.717, 1.165) is 9.64 Å². The molecule has 1 atom stereocenters. The van der Waals surface area contributed by atoms with E-state index in [-0.39, 0.29) is 12.0 Å². The number of rotatable bonds is 3. The number of benzene rings is 2. The molecule has 2 aromatic carbocycles. The molecule has 1 N–H and O–H groups in total. The largest absolute Gasteiger partial charge is 0.385 e. The molecule has 0 spiro atoms. The molecule has 0 bridgehead atoms. The molecule has 0 aliphatic heterocycles. The first-order chi connectivity index (χ1) is 8.90. The van der Waals surface area contributed by atoms with Crippen LogP contribution in [0.5, 0.6) is 0 Å². The van der Waals surface area contributed by atoms with Gasteiger partial charge in [-0.25, -0.2) is 8.78 Å². The van der Waals surface area contributed by atoms with Gasteiger partial charge in [0.25, 0.3) is 0 Å². The van der Waals surface area contributed by atoms with Gasteiger partial charge in [-0.05, 0) is 58.8 Å². The molecule has 0 aliphatic rings. The Kier molecular flexibility index (Phi) is 4.20. The molecule has 19 heavy (non-hydrogen) atoms. The minimum Gasteiger partial charge on any atom is -0.385 e. The van der Waals surface area contributed by atoms with E-state index in [2.05, 4.69) is 22.6 Å². The third kappa shape index (κ3) is 3.30. The Morgan fingerprint density at radius 1 is 1.11 bits per heavy atom. The van der Waals surface area contributed by atoms with Gasteiger partial charge in [0.1, 0.15) is 0 Å². The minimum atomic E-state index is -1.24. The first-order valence-electron chi connectivity index (χ1n) is 5.81. The van der Waals surface area contributed by atoms with Crippen molar-refractivity contribution in [1.29, 1.82) is 0 Å². The molecular weight excluding hydrogens is 361 g/mol. The summed E-state index contributed by atoms with van der Waals surface area (Å²) in [6.07, 6.45) is 0.0250. The number of aliphatic hydroxyl groups is 1. The van der Waals surface area contributed by atoms with Crippen LogP contribution in [0.1, 0.15) is 18.1 Å². The number of hydrogen-bond acceptors (Lipinski definition) is 1. The van der Waals surface area contributed by atoms with Crippen molar-refractivity contribution < 1.29 is 13.9 Å². The zero-order valence-electron chi connectivity index (χ0n) is 10.3. The predicted octanol–water partition coefficient (Wildman–Crippen LogP) is 4.02.